The largest absolute Gasteiger partial charge is 0.493 e. The quantitative estimate of drug-likeness (QED) is 0.598. The van der Waals surface area contributed by atoms with Crippen molar-refractivity contribution in [1.29, 1.82) is 0 Å². The number of hydrogen-bond donors (Lipinski definition) is 0. The number of fused-ring (bicyclic) bond motifs is 1. The molecule has 0 spiro atoms. The molecule has 1 amide bonds. The number of terminal acetylenes is 1. The van der Waals surface area contributed by atoms with Crippen LogP contribution in [0, 0.1) is 12.3 Å². The van der Waals surface area contributed by atoms with Gasteiger partial charge in [-0.05, 0) is 35.7 Å². The second-order valence-electron chi connectivity index (χ2n) is 6.47. The van der Waals surface area contributed by atoms with Crippen molar-refractivity contribution in [3.8, 4) is 18.1 Å². The molecule has 4 nitrogen and oxygen atoms in total. The molecule has 0 saturated carbocycles. The SMILES string of the molecule is C#CCn1c(=NC(=O)CCOc2ccccc2)sc2cc(C(C)C)ccc21. The summed E-state index contributed by atoms with van der Waals surface area (Å²) in [6, 6.07) is 15.7. The zero-order valence-electron chi connectivity index (χ0n) is 15.5. The van der Waals surface area contributed by atoms with Gasteiger partial charge in [0.15, 0.2) is 4.80 Å². The maximum atomic E-state index is 12.3. The van der Waals surface area contributed by atoms with E-state index in [-0.39, 0.29) is 12.3 Å². The smallest absolute Gasteiger partial charge is 0.251 e. The lowest BCUT2D eigenvalue weighted by Gasteiger charge is -2.05. The van der Waals surface area contributed by atoms with Crippen molar-refractivity contribution in [3.63, 3.8) is 0 Å². The second-order valence-corrected chi connectivity index (χ2v) is 7.48. The van der Waals surface area contributed by atoms with Crippen molar-refractivity contribution in [1.82, 2.24) is 4.57 Å². The number of nitrogens with zero attached hydrogens (tertiary/aromatic N) is 2. The molecule has 1 aromatic heterocycles. The first-order chi connectivity index (χ1) is 13.1. The molecule has 27 heavy (non-hydrogen) atoms. The molecule has 0 N–H and O–H groups in total. The zero-order valence-corrected chi connectivity index (χ0v) is 16.3. The maximum Gasteiger partial charge on any atom is 0.251 e. The number of hydrogen-bond acceptors (Lipinski definition) is 3. The summed E-state index contributed by atoms with van der Waals surface area (Å²) in [5.74, 6) is 3.62. The van der Waals surface area contributed by atoms with Crippen LogP contribution in [0.25, 0.3) is 10.2 Å². The van der Waals surface area contributed by atoms with E-state index in [1.165, 1.54) is 16.9 Å². The molecule has 0 aliphatic rings. The van der Waals surface area contributed by atoms with Gasteiger partial charge in [-0.1, -0.05) is 55.4 Å². The molecule has 5 heteroatoms. The molecular weight excluding hydrogens is 356 g/mol. The normalized spacial score (nSPS) is 11.7. The topological polar surface area (TPSA) is 43.6 Å². The zero-order chi connectivity index (χ0) is 19.2. The van der Waals surface area contributed by atoms with E-state index in [1.807, 2.05) is 34.9 Å². The molecule has 138 valence electrons. The maximum absolute atomic E-state index is 12.3. The van der Waals surface area contributed by atoms with Crippen molar-refractivity contribution in [2.24, 2.45) is 4.99 Å². The van der Waals surface area contributed by atoms with Crippen LogP contribution in [0.15, 0.2) is 53.5 Å². The summed E-state index contributed by atoms with van der Waals surface area (Å²) < 4.78 is 8.58. The summed E-state index contributed by atoms with van der Waals surface area (Å²) in [5.41, 5.74) is 2.26. The fourth-order valence-corrected chi connectivity index (χ4v) is 3.81. The van der Waals surface area contributed by atoms with Gasteiger partial charge in [-0.2, -0.15) is 4.99 Å². The number of carbonyl (C=O) groups excluding carboxylic acids is 1. The number of benzene rings is 2. The number of aromatic nitrogens is 1. The lowest BCUT2D eigenvalue weighted by molar-refractivity contribution is -0.118. The Morgan fingerprint density at radius 2 is 2.04 bits per heavy atom. The molecule has 3 rings (SSSR count). The summed E-state index contributed by atoms with van der Waals surface area (Å²) in [7, 11) is 0. The third-order valence-corrected chi connectivity index (χ3v) is 5.21. The standard InChI is InChI=1S/C22H22N2O2S/c1-4-13-24-19-11-10-17(16(2)3)15-20(19)27-22(24)23-21(25)12-14-26-18-8-6-5-7-9-18/h1,5-11,15-16H,12-14H2,2-3H3. The Kier molecular flexibility index (Phi) is 6.10. The third-order valence-electron chi connectivity index (χ3n) is 4.17. The van der Waals surface area contributed by atoms with Gasteiger partial charge in [0.2, 0.25) is 0 Å². The van der Waals surface area contributed by atoms with Crippen LogP contribution in [0.5, 0.6) is 5.75 Å². The highest BCUT2D eigenvalue weighted by molar-refractivity contribution is 7.16. The summed E-state index contributed by atoms with van der Waals surface area (Å²) in [5, 5.41) is 0. The predicted molar refractivity (Wildman–Crippen MR) is 110 cm³/mol. The predicted octanol–water partition coefficient (Wildman–Crippen LogP) is 4.36. The second kappa shape index (κ2) is 8.70. The van der Waals surface area contributed by atoms with Crippen LogP contribution in [-0.2, 0) is 11.3 Å². The Bertz CT molecular complexity index is 1040. The van der Waals surface area contributed by atoms with Gasteiger partial charge in [-0.3, -0.25) is 4.79 Å². The number of carbonyl (C=O) groups is 1. The van der Waals surface area contributed by atoms with Crippen LogP contribution in [0.1, 0.15) is 31.7 Å². The first-order valence-corrected chi connectivity index (χ1v) is 9.72. The van der Waals surface area contributed by atoms with Crippen molar-refractivity contribution in [2.75, 3.05) is 6.61 Å². The van der Waals surface area contributed by atoms with E-state index < -0.39 is 0 Å². The van der Waals surface area contributed by atoms with Gasteiger partial charge in [0, 0.05) is 0 Å². The van der Waals surface area contributed by atoms with E-state index in [4.69, 9.17) is 11.2 Å². The van der Waals surface area contributed by atoms with Crippen LogP contribution in [0.3, 0.4) is 0 Å². The molecule has 1 heterocycles. The van der Waals surface area contributed by atoms with Gasteiger partial charge in [0.05, 0.1) is 29.8 Å². The van der Waals surface area contributed by atoms with Crippen LogP contribution in [-0.4, -0.2) is 17.1 Å². The summed E-state index contributed by atoms with van der Waals surface area (Å²) in [4.78, 5) is 17.2. The fourth-order valence-electron chi connectivity index (χ4n) is 2.71. The fraction of sp³-hybridized carbons (Fsp3) is 0.273. The summed E-state index contributed by atoms with van der Waals surface area (Å²) in [6.07, 6.45) is 5.74. The monoisotopic (exact) mass is 378 g/mol. The van der Waals surface area contributed by atoms with E-state index in [0.717, 1.165) is 16.0 Å². The van der Waals surface area contributed by atoms with Crippen LogP contribution < -0.4 is 9.54 Å². The molecule has 3 aromatic rings. The average molecular weight is 378 g/mol. The molecule has 0 aliphatic heterocycles. The van der Waals surface area contributed by atoms with Gasteiger partial charge >= 0.3 is 0 Å². The van der Waals surface area contributed by atoms with Crippen molar-refractivity contribution >= 4 is 27.5 Å². The summed E-state index contributed by atoms with van der Waals surface area (Å²) in [6.45, 7) is 5.00. The molecule has 2 aromatic carbocycles. The first-order valence-electron chi connectivity index (χ1n) is 8.90. The number of ether oxygens (including phenoxy) is 1. The van der Waals surface area contributed by atoms with Crippen LogP contribution in [0.2, 0.25) is 0 Å². The van der Waals surface area contributed by atoms with E-state index in [9.17, 15) is 4.79 Å². The molecule has 0 aliphatic carbocycles. The van der Waals surface area contributed by atoms with E-state index in [0.29, 0.717) is 23.9 Å². The van der Waals surface area contributed by atoms with Gasteiger partial charge in [-0.25, -0.2) is 0 Å². The molecule has 0 saturated heterocycles. The Morgan fingerprint density at radius 1 is 1.26 bits per heavy atom. The van der Waals surface area contributed by atoms with E-state index >= 15 is 0 Å². The summed E-state index contributed by atoms with van der Waals surface area (Å²) >= 11 is 1.49. The van der Waals surface area contributed by atoms with Crippen molar-refractivity contribution in [3.05, 3.63) is 58.9 Å². The van der Waals surface area contributed by atoms with Gasteiger partial charge in [0.1, 0.15) is 5.75 Å². The number of para-hydroxylation sites is 1. The molecule has 0 bridgehead atoms. The minimum absolute atomic E-state index is 0.215. The molecule has 0 unspecified atom stereocenters. The molecule has 0 atom stereocenters. The molecular formula is C22H22N2O2S. The third kappa shape index (κ3) is 4.66. The Morgan fingerprint density at radius 3 is 2.74 bits per heavy atom. The molecule has 0 radical (unpaired) electrons. The van der Waals surface area contributed by atoms with Gasteiger partial charge in [-0.15, -0.1) is 6.42 Å². The van der Waals surface area contributed by atoms with E-state index in [1.54, 1.807) is 0 Å². The lowest BCUT2D eigenvalue weighted by atomic mass is 10.0. The molecule has 0 fully saturated rings. The average Bonchev–Trinajstić information content (AvgIpc) is 2.99. The number of thiazole rings is 1. The Balaban J connectivity index is 1.82. The van der Waals surface area contributed by atoms with Crippen molar-refractivity contribution in [2.45, 2.75) is 32.7 Å². The number of rotatable bonds is 6. The van der Waals surface area contributed by atoms with Crippen molar-refractivity contribution < 1.29 is 9.53 Å². The minimum Gasteiger partial charge on any atom is -0.493 e. The van der Waals surface area contributed by atoms with Gasteiger partial charge in [0.25, 0.3) is 5.91 Å². The lowest BCUT2D eigenvalue weighted by Crippen LogP contribution is -2.17. The van der Waals surface area contributed by atoms with E-state index in [2.05, 4.69) is 43.0 Å². The van der Waals surface area contributed by atoms with Crippen LogP contribution in [0.4, 0.5) is 0 Å². The highest BCUT2D eigenvalue weighted by Crippen LogP contribution is 2.23. The van der Waals surface area contributed by atoms with Crippen LogP contribution >= 0.6 is 11.3 Å². The Labute approximate surface area is 163 Å². The minimum atomic E-state index is -0.215. The first kappa shape index (κ1) is 18.9. The highest BCUT2D eigenvalue weighted by atomic mass is 32.1. The Hall–Kier alpha value is -2.84. The van der Waals surface area contributed by atoms with Gasteiger partial charge < -0.3 is 9.30 Å². The number of amides is 1. The highest BCUT2D eigenvalue weighted by Gasteiger charge is 2.09.